The molecule has 0 saturated heterocycles. The molecule has 1 aliphatic heterocycles. The molecule has 1 aromatic carbocycles. The monoisotopic (exact) mass is 412 g/mol. The third-order valence-electron chi connectivity index (χ3n) is 4.23. The maximum atomic E-state index is 9.93. The lowest BCUT2D eigenvalue weighted by molar-refractivity contribution is -0.0967. The van der Waals surface area contributed by atoms with Gasteiger partial charge in [0.15, 0.2) is 11.6 Å². The molecular formula is C18H17BrN6O. The van der Waals surface area contributed by atoms with Crippen LogP contribution in [-0.4, -0.2) is 42.3 Å². The Kier molecular flexibility index (Phi) is 4.62. The molecule has 132 valence electrons. The van der Waals surface area contributed by atoms with Crippen molar-refractivity contribution in [3.63, 3.8) is 0 Å². The Morgan fingerprint density at radius 1 is 1.23 bits per heavy atom. The van der Waals surface area contributed by atoms with Gasteiger partial charge in [0.2, 0.25) is 0 Å². The highest BCUT2D eigenvalue weighted by molar-refractivity contribution is 9.10. The molecule has 4 rings (SSSR count). The lowest BCUT2D eigenvalue weighted by atomic mass is 10.0. The fourth-order valence-corrected chi connectivity index (χ4v) is 3.32. The summed E-state index contributed by atoms with van der Waals surface area (Å²) in [4.78, 5) is 9.23. The van der Waals surface area contributed by atoms with E-state index in [9.17, 15) is 5.21 Å². The fraction of sp³-hybridized carbons (Fsp3) is 0.222. The van der Waals surface area contributed by atoms with Crippen molar-refractivity contribution in [1.82, 2.24) is 24.8 Å². The summed E-state index contributed by atoms with van der Waals surface area (Å²) in [6.45, 7) is 3.07. The average Bonchev–Trinajstić information content (AvgIpc) is 2.97. The van der Waals surface area contributed by atoms with Crippen molar-refractivity contribution < 1.29 is 5.21 Å². The zero-order valence-electron chi connectivity index (χ0n) is 14.2. The third kappa shape index (κ3) is 3.07. The highest BCUT2D eigenvalue weighted by Gasteiger charge is 2.24. The van der Waals surface area contributed by atoms with Gasteiger partial charge < -0.3 is 5.21 Å². The SMILES string of the molecule is CCN(O)Cc1nnc2n1-c1ccc(Br)cc1C(c1ccccn1)=NC2. The number of hydrogen-bond acceptors (Lipinski definition) is 6. The number of nitrogens with zero attached hydrogens (tertiary/aromatic N) is 6. The number of aliphatic imine (C=N–C) groups is 1. The topological polar surface area (TPSA) is 79.4 Å². The van der Waals surface area contributed by atoms with E-state index in [2.05, 4.69) is 31.1 Å². The molecule has 26 heavy (non-hydrogen) atoms. The van der Waals surface area contributed by atoms with Gasteiger partial charge in [-0.2, -0.15) is 5.06 Å². The molecule has 1 N–H and O–H groups in total. The van der Waals surface area contributed by atoms with Gasteiger partial charge in [0.25, 0.3) is 0 Å². The Hall–Kier alpha value is -2.42. The van der Waals surface area contributed by atoms with Gasteiger partial charge in [0.1, 0.15) is 6.54 Å². The summed E-state index contributed by atoms with van der Waals surface area (Å²) in [5.41, 5.74) is 3.49. The minimum atomic E-state index is 0.290. The van der Waals surface area contributed by atoms with Crippen LogP contribution < -0.4 is 0 Å². The van der Waals surface area contributed by atoms with Crippen molar-refractivity contribution in [3.8, 4) is 5.69 Å². The standard InChI is InChI=1S/C18H17BrN6O/c1-2-24(26)11-17-23-22-16-10-21-18(14-5-3-4-8-20-14)13-9-12(19)6-7-15(13)25(16)17/h3-9,26H,2,10-11H2,1H3. The Morgan fingerprint density at radius 2 is 2.12 bits per heavy atom. The molecule has 0 atom stereocenters. The van der Waals surface area contributed by atoms with E-state index >= 15 is 0 Å². The summed E-state index contributed by atoms with van der Waals surface area (Å²) in [5.74, 6) is 1.41. The summed E-state index contributed by atoms with van der Waals surface area (Å²) in [5, 5.41) is 19.7. The Balaban J connectivity index is 1.90. The second-order valence-electron chi connectivity index (χ2n) is 5.89. The summed E-state index contributed by atoms with van der Waals surface area (Å²) >= 11 is 3.55. The molecule has 0 amide bonds. The second kappa shape index (κ2) is 7.06. The Morgan fingerprint density at radius 3 is 2.88 bits per heavy atom. The van der Waals surface area contributed by atoms with Crippen LogP contribution in [0.15, 0.2) is 52.1 Å². The molecule has 3 heterocycles. The second-order valence-corrected chi connectivity index (χ2v) is 6.81. The first-order valence-electron chi connectivity index (χ1n) is 8.30. The maximum absolute atomic E-state index is 9.93. The van der Waals surface area contributed by atoms with Crippen molar-refractivity contribution in [1.29, 1.82) is 0 Å². The largest absolute Gasteiger partial charge is 0.314 e. The predicted octanol–water partition coefficient (Wildman–Crippen LogP) is 2.99. The molecule has 0 saturated carbocycles. The van der Waals surface area contributed by atoms with Gasteiger partial charge in [-0.05, 0) is 30.3 Å². The normalized spacial score (nSPS) is 13.2. The number of hydrogen-bond donors (Lipinski definition) is 1. The summed E-state index contributed by atoms with van der Waals surface area (Å²) in [6, 6.07) is 11.8. The van der Waals surface area contributed by atoms with Crippen molar-refractivity contribution in [2.45, 2.75) is 20.0 Å². The van der Waals surface area contributed by atoms with E-state index in [4.69, 9.17) is 4.99 Å². The van der Waals surface area contributed by atoms with E-state index < -0.39 is 0 Å². The molecule has 8 heteroatoms. The Labute approximate surface area is 159 Å². The number of benzene rings is 1. The number of hydroxylamine groups is 2. The van der Waals surface area contributed by atoms with Crippen LogP contribution in [0.5, 0.6) is 0 Å². The minimum Gasteiger partial charge on any atom is -0.314 e. The first-order chi connectivity index (χ1) is 12.7. The number of fused-ring (bicyclic) bond motifs is 3. The maximum Gasteiger partial charge on any atom is 0.159 e. The van der Waals surface area contributed by atoms with Crippen LogP contribution >= 0.6 is 15.9 Å². The highest BCUT2D eigenvalue weighted by Crippen LogP contribution is 2.28. The van der Waals surface area contributed by atoms with Crippen LogP contribution in [0.3, 0.4) is 0 Å². The van der Waals surface area contributed by atoms with Gasteiger partial charge in [-0.25, -0.2) is 0 Å². The van der Waals surface area contributed by atoms with Crippen LogP contribution in [0, 0.1) is 0 Å². The first kappa shape index (κ1) is 17.0. The lowest BCUT2D eigenvalue weighted by Gasteiger charge is -2.16. The minimum absolute atomic E-state index is 0.290. The molecule has 0 bridgehead atoms. The van der Waals surface area contributed by atoms with Gasteiger partial charge in [-0.15, -0.1) is 10.2 Å². The molecule has 1 aliphatic rings. The van der Waals surface area contributed by atoms with E-state index in [1.54, 1.807) is 6.20 Å². The van der Waals surface area contributed by atoms with Crippen LogP contribution in [0.1, 0.15) is 29.8 Å². The number of aromatic nitrogens is 4. The molecule has 7 nitrogen and oxygen atoms in total. The van der Waals surface area contributed by atoms with Crippen LogP contribution in [0.25, 0.3) is 5.69 Å². The molecule has 2 aromatic heterocycles. The van der Waals surface area contributed by atoms with Gasteiger partial charge in [0, 0.05) is 22.8 Å². The summed E-state index contributed by atoms with van der Waals surface area (Å²) < 4.78 is 2.93. The van der Waals surface area contributed by atoms with E-state index in [1.807, 2.05) is 47.9 Å². The number of halogens is 1. The highest BCUT2D eigenvalue weighted by atomic mass is 79.9. The third-order valence-corrected chi connectivity index (χ3v) is 4.72. The van der Waals surface area contributed by atoms with Crippen LogP contribution in [0.4, 0.5) is 0 Å². The van der Waals surface area contributed by atoms with E-state index in [0.29, 0.717) is 18.9 Å². The molecule has 0 spiro atoms. The van der Waals surface area contributed by atoms with E-state index in [0.717, 1.165) is 33.0 Å². The van der Waals surface area contributed by atoms with Crippen LogP contribution in [-0.2, 0) is 13.1 Å². The number of rotatable bonds is 4. The van der Waals surface area contributed by atoms with Crippen molar-refractivity contribution in [2.24, 2.45) is 4.99 Å². The molecule has 0 unspecified atom stereocenters. The van der Waals surface area contributed by atoms with Crippen molar-refractivity contribution in [2.75, 3.05) is 6.54 Å². The number of pyridine rings is 1. The van der Waals surface area contributed by atoms with Gasteiger partial charge in [-0.3, -0.25) is 14.5 Å². The van der Waals surface area contributed by atoms with E-state index in [-0.39, 0.29) is 6.54 Å². The molecule has 0 radical (unpaired) electrons. The van der Waals surface area contributed by atoms with Crippen LogP contribution in [0.2, 0.25) is 0 Å². The molecule has 0 aliphatic carbocycles. The summed E-state index contributed by atoms with van der Waals surface area (Å²) in [7, 11) is 0. The molecule has 0 fully saturated rings. The zero-order chi connectivity index (χ0) is 18.1. The quantitative estimate of drug-likeness (QED) is 0.666. The molecular weight excluding hydrogens is 396 g/mol. The fourth-order valence-electron chi connectivity index (χ4n) is 2.96. The van der Waals surface area contributed by atoms with Gasteiger partial charge >= 0.3 is 0 Å². The average molecular weight is 413 g/mol. The Bertz CT molecular complexity index is 969. The van der Waals surface area contributed by atoms with Crippen molar-refractivity contribution in [3.05, 3.63) is 70.0 Å². The van der Waals surface area contributed by atoms with Gasteiger partial charge in [0.05, 0.1) is 23.6 Å². The molecule has 3 aromatic rings. The summed E-state index contributed by atoms with van der Waals surface area (Å²) in [6.07, 6.45) is 1.76. The smallest absolute Gasteiger partial charge is 0.159 e. The zero-order valence-corrected chi connectivity index (χ0v) is 15.8. The van der Waals surface area contributed by atoms with E-state index in [1.165, 1.54) is 5.06 Å². The van der Waals surface area contributed by atoms with Crippen molar-refractivity contribution >= 4 is 21.6 Å². The predicted molar refractivity (Wildman–Crippen MR) is 101 cm³/mol. The van der Waals surface area contributed by atoms with Gasteiger partial charge in [-0.1, -0.05) is 28.9 Å². The first-order valence-corrected chi connectivity index (χ1v) is 9.10. The lowest BCUT2D eigenvalue weighted by Crippen LogP contribution is -2.21.